The number of hydrogen-bond donors (Lipinski definition) is 1. The van der Waals surface area contributed by atoms with Crippen molar-refractivity contribution in [3.63, 3.8) is 0 Å². The average molecular weight is 418 g/mol. The third-order valence-corrected chi connectivity index (χ3v) is 7.43. The smallest absolute Gasteiger partial charge is 0.274 e. The highest BCUT2D eigenvalue weighted by molar-refractivity contribution is 8.01. The van der Waals surface area contributed by atoms with E-state index < -0.39 is 15.9 Å². The van der Waals surface area contributed by atoms with Crippen molar-refractivity contribution in [2.24, 2.45) is 7.05 Å². The first kappa shape index (κ1) is 19.3. The highest BCUT2D eigenvalue weighted by atomic mass is 32.2. The second-order valence-corrected chi connectivity index (χ2v) is 9.88. The molecular weight excluding hydrogens is 398 g/mol. The zero-order valence-corrected chi connectivity index (χ0v) is 16.8. The first-order valence-electron chi connectivity index (χ1n) is 7.93. The van der Waals surface area contributed by atoms with E-state index >= 15 is 0 Å². The van der Waals surface area contributed by atoms with Gasteiger partial charge in [-0.1, -0.05) is 30.0 Å². The van der Waals surface area contributed by atoms with Gasteiger partial charge in [0, 0.05) is 26.3 Å². The molecular formula is C14H19N5O4S3. The molecule has 3 heterocycles. The SMILES string of the molecule is CCSc1nnc(NC(=O)c2cc(S(=O)(=O)N3CCOCC3)cn2C)s1. The minimum Gasteiger partial charge on any atom is -0.379 e. The summed E-state index contributed by atoms with van der Waals surface area (Å²) in [5.74, 6) is 0.434. The van der Waals surface area contributed by atoms with Crippen LogP contribution in [0, 0.1) is 0 Å². The van der Waals surface area contributed by atoms with Gasteiger partial charge in [-0.2, -0.15) is 4.31 Å². The Morgan fingerprint density at radius 1 is 1.38 bits per heavy atom. The number of aryl methyl sites for hydroxylation is 1. The zero-order valence-electron chi connectivity index (χ0n) is 14.3. The van der Waals surface area contributed by atoms with Crippen LogP contribution >= 0.6 is 23.1 Å². The first-order valence-corrected chi connectivity index (χ1v) is 11.2. The highest BCUT2D eigenvalue weighted by Gasteiger charge is 2.29. The van der Waals surface area contributed by atoms with Gasteiger partial charge in [0.1, 0.15) is 10.6 Å². The fourth-order valence-corrected chi connectivity index (χ4v) is 5.56. The second kappa shape index (κ2) is 8.05. The molecule has 0 radical (unpaired) electrons. The number of hydrogen-bond acceptors (Lipinski definition) is 8. The lowest BCUT2D eigenvalue weighted by atomic mass is 10.4. The van der Waals surface area contributed by atoms with Crippen LogP contribution in [-0.2, 0) is 21.8 Å². The monoisotopic (exact) mass is 417 g/mol. The van der Waals surface area contributed by atoms with Crippen LogP contribution < -0.4 is 5.32 Å². The largest absolute Gasteiger partial charge is 0.379 e. The molecule has 0 aromatic carbocycles. The number of sulfonamides is 1. The Kier molecular flexibility index (Phi) is 5.97. The van der Waals surface area contributed by atoms with Gasteiger partial charge >= 0.3 is 0 Å². The Bertz CT molecular complexity index is 886. The minimum atomic E-state index is -3.65. The van der Waals surface area contributed by atoms with Gasteiger partial charge in [0.2, 0.25) is 15.2 Å². The summed E-state index contributed by atoms with van der Waals surface area (Å²) in [6.45, 7) is 3.36. The van der Waals surface area contributed by atoms with Crippen LogP contribution in [0.1, 0.15) is 17.4 Å². The van der Waals surface area contributed by atoms with E-state index in [2.05, 4.69) is 15.5 Å². The van der Waals surface area contributed by atoms with Crippen LogP contribution in [0.3, 0.4) is 0 Å². The van der Waals surface area contributed by atoms with Crippen LogP contribution in [0.25, 0.3) is 0 Å². The Labute approximate surface area is 159 Å². The second-order valence-electron chi connectivity index (χ2n) is 5.45. The van der Waals surface area contributed by atoms with Crippen LogP contribution in [0.15, 0.2) is 21.5 Å². The van der Waals surface area contributed by atoms with Gasteiger partial charge in [0.25, 0.3) is 5.91 Å². The molecule has 1 fully saturated rings. The van der Waals surface area contributed by atoms with E-state index in [1.54, 1.807) is 7.05 Å². The molecule has 1 N–H and O–H groups in total. The van der Waals surface area contributed by atoms with Gasteiger partial charge < -0.3 is 9.30 Å². The van der Waals surface area contributed by atoms with E-state index in [4.69, 9.17) is 4.74 Å². The van der Waals surface area contributed by atoms with Gasteiger partial charge in [-0.05, 0) is 11.8 Å². The number of carbonyl (C=O) groups is 1. The predicted molar refractivity (Wildman–Crippen MR) is 99.3 cm³/mol. The summed E-state index contributed by atoms with van der Waals surface area (Å²) in [5, 5.41) is 10.9. The molecule has 1 saturated heterocycles. The van der Waals surface area contributed by atoms with Crippen molar-refractivity contribution in [1.29, 1.82) is 0 Å². The summed E-state index contributed by atoms with van der Waals surface area (Å²) >= 11 is 2.82. The predicted octanol–water partition coefficient (Wildman–Crippen LogP) is 1.26. The van der Waals surface area contributed by atoms with Crippen LogP contribution in [0.2, 0.25) is 0 Å². The maximum atomic E-state index is 12.7. The number of aromatic nitrogens is 3. The molecule has 9 nitrogen and oxygen atoms in total. The fourth-order valence-electron chi connectivity index (χ4n) is 2.44. The van der Waals surface area contributed by atoms with Crippen LogP contribution in [0.5, 0.6) is 0 Å². The average Bonchev–Trinajstić information content (AvgIpc) is 3.23. The van der Waals surface area contributed by atoms with Gasteiger partial charge in [0.15, 0.2) is 4.34 Å². The molecule has 2 aromatic rings. The van der Waals surface area contributed by atoms with Gasteiger partial charge in [-0.3, -0.25) is 10.1 Å². The van der Waals surface area contributed by atoms with E-state index in [0.717, 1.165) is 10.1 Å². The highest BCUT2D eigenvalue weighted by Crippen LogP contribution is 2.26. The maximum Gasteiger partial charge on any atom is 0.274 e. The molecule has 2 aromatic heterocycles. The number of anilines is 1. The molecule has 1 aliphatic rings. The number of rotatable bonds is 6. The quantitative estimate of drug-likeness (QED) is 0.557. The molecule has 0 saturated carbocycles. The zero-order chi connectivity index (χ0) is 18.7. The first-order chi connectivity index (χ1) is 12.4. The van der Waals surface area contributed by atoms with Crippen molar-refractivity contribution in [2.75, 3.05) is 37.4 Å². The molecule has 1 amide bonds. The number of ether oxygens (including phenoxy) is 1. The number of morpholine rings is 1. The van der Waals surface area contributed by atoms with Crippen molar-refractivity contribution in [1.82, 2.24) is 19.1 Å². The minimum absolute atomic E-state index is 0.0894. The summed E-state index contributed by atoms with van der Waals surface area (Å²) in [5.41, 5.74) is 0.233. The van der Waals surface area contributed by atoms with Crippen LogP contribution in [0.4, 0.5) is 5.13 Å². The molecule has 26 heavy (non-hydrogen) atoms. The van der Waals surface area contributed by atoms with E-state index in [-0.39, 0.29) is 10.6 Å². The third-order valence-electron chi connectivity index (χ3n) is 3.72. The van der Waals surface area contributed by atoms with Gasteiger partial charge in [-0.25, -0.2) is 8.42 Å². The summed E-state index contributed by atoms with van der Waals surface area (Å²) in [6.07, 6.45) is 1.44. The lowest BCUT2D eigenvalue weighted by molar-refractivity contribution is 0.0730. The number of nitrogens with zero attached hydrogens (tertiary/aromatic N) is 4. The van der Waals surface area contributed by atoms with E-state index in [0.29, 0.717) is 31.4 Å². The molecule has 0 bridgehead atoms. The van der Waals surface area contributed by atoms with Crippen molar-refractivity contribution >= 4 is 44.2 Å². The standard InChI is InChI=1S/C14H19N5O4S3/c1-3-24-14-17-16-13(25-14)15-12(20)11-8-10(9-18(11)2)26(21,22)19-4-6-23-7-5-19/h8-9H,3-7H2,1-2H3,(H,15,16,20). The van der Waals surface area contributed by atoms with Gasteiger partial charge in [-0.15, -0.1) is 10.2 Å². The lowest BCUT2D eigenvalue weighted by Crippen LogP contribution is -2.40. The summed E-state index contributed by atoms with van der Waals surface area (Å²) in [4.78, 5) is 12.6. The number of amides is 1. The third kappa shape index (κ3) is 4.09. The van der Waals surface area contributed by atoms with E-state index in [1.165, 1.54) is 44.2 Å². The topological polar surface area (TPSA) is 106 Å². The summed E-state index contributed by atoms with van der Waals surface area (Å²) < 4.78 is 34.2. The molecule has 1 aliphatic heterocycles. The van der Waals surface area contributed by atoms with Crippen molar-refractivity contribution in [3.8, 4) is 0 Å². The lowest BCUT2D eigenvalue weighted by Gasteiger charge is -2.25. The molecule has 12 heteroatoms. The Hall–Kier alpha value is -1.47. The Balaban J connectivity index is 1.77. The number of nitrogens with one attached hydrogen (secondary N) is 1. The molecule has 3 rings (SSSR count). The number of carbonyl (C=O) groups excluding carboxylic acids is 1. The van der Waals surface area contributed by atoms with Crippen molar-refractivity contribution < 1.29 is 17.9 Å². The van der Waals surface area contributed by atoms with Gasteiger partial charge in [0.05, 0.1) is 13.2 Å². The van der Waals surface area contributed by atoms with Crippen LogP contribution in [-0.4, -0.2) is 65.5 Å². The maximum absolute atomic E-state index is 12.7. The summed E-state index contributed by atoms with van der Waals surface area (Å²) in [6, 6.07) is 1.38. The normalized spacial score (nSPS) is 15.9. The number of thioether (sulfide) groups is 1. The summed E-state index contributed by atoms with van der Waals surface area (Å²) in [7, 11) is -2.02. The Morgan fingerprint density at radius 2 is 2.12 bits per heavy atom. The molecule has 0 unspecified atom stereocenters. The molecule has 0 atom stereocenters. The van der Waals surface area contributed by atoms with Crippen molar-refractivity contribution in [2.45, 2.75) is 16.2 Å². The molecule has 0 spiro atoms. The fraction of sp³-hybridized carbons (Fsp3) is 0.500. The molecule has 0 aliphatic carbocycles. The molecule has 142 valence electrons. The Morgan fingerprint density at radius 3 is 2.81 bits per heavy atom. The van der Waals surface area contributed by atoms with Crippen molar-refractivity contribution in [3.05, 3.63) is 18.0 Å². The van der Waals surface area contributed by atoms with E-state index in [1.807, 2.05) is 6.92 Å². The van der Waals surface area contributed by atoms with E-state index in [9.17, 15) is 13.2 Å².